The summed E-state index contributed by atoms with van der Waals surface area (Å²) in [6.45, 7) is 5.74. The van der Waals surface area contributed by atoms with E-state index < -0.39 is 0 Å². The molecule has 1 aliphatic heterocycles. The fraction of sp³-hybridized carbons (Fsp3) is 0.632. The van der Waals surface area contributed by atoms with Gasteiger partial charge in [-0.2, -0.15) is 0 Å². The maximum absolute atomic E-state index is 12.9. The molecule has 0 spiro atoms. The third-order valence-electron chi connectivity index (χ3n) is 5.51. The maximum atomic E-state index is 12.9. The molecule has 0 radical (unpaired) electrons. The molecule has 2 fully saturated rings. The molecule has 1 saturated heterocycles. The SMILES string of the molecule is CCOCc1ccccc1CNC(=O)[C@@]12CCCC[C@H]1CNC2.Cl. The molecule has 134 valence electrons. The third-order valence-corrected chi connectivity index (χ3v) is 5.51. The van der Waals surface area contributed by atoms with Crippen LogP contribution in [0.3, 0.4) is 0 Å². The number of hydrogen-bond acceptors (Lipinski definition) is 3. The Balaban J connectivity index is 0.00000208. The van der Waals surface area contributed by atoms with Crippen LogP contribution in [0, 0.1) is 11.3 Å². The molecule has 0 aromatic heterocycles. The van der Waals surface area contributed by atoms with Gasteiger partial charge in [0.25, 0.3) is 0 Å². The standard InChI is InChI=1S/C19H28N2O2.ClH/c1-2-23-13-16-8-4-3-7-15(16)11-21-18(22)19-10-6-5-9-17(19)12-20-14-19;/h3-4,7-8,17,20H,2,5-6,9-14H2,1H3,(H,21,22);1H/t17-,19+;/m0./s1. The van der Waals surface area contributed by atoms with Gasteiger partial charge in [-0.3, -0.25) is 4.79 Å². The van der Waals surface area contributed by atoms with Gasteiger partial charge in [0, 0.05) is 19.7 Å². The van der Waals surface area contributed by atoms with Crippen LogP contribution < -0.4 is 10.6 Å². The molecule has 2 N–H and O–H groups in total. The van der Waals surface area contributed by atoms with E-state index in [2.05, 4.69) is 22.8 Å². The Kier molecular flexibility index (Phi) is 7.08. The van der Waals surface area contributed by atoms with E-state index in [4.69, 9.17) is 4.74 Å². The Morgan fingerprint density at radius 3 is 2.92 bits per heavy atom. The smallest absolute Gasteiger partial charge is 0.228 e. The number of benzene rings is 1. The lowest BCUT2D eigenvalue weighted by Gasteiger charge is -2.37. The summed E-state index contributed by atoms with van der Waals surface area (Å²) in [6.07, 6.45) is 4.64. The first-order chi connectivity index (χ1) is 11.3. The maximum Gasteiger partial charge on any atom is 0.228 e. The fourth-order valence-electron chi connectivity index (χ4n) is 4.12. The van der Waals surface area contributed by atoms with Gasteiger partial charge in [0.2, 0.25) is 5.91 Å². The van der Waals surface area contributed by atoms with Crippen LogP contribution >= 0.6 is 12.4 Å². The molecular weight excluding hydrogens is 324 g/mol. The summed E-state index contributed by atoms with van der Waals surface area (Å²) in [5.41, 5.74) is 2.15. The topological polar surface area (TPSA) is 50.4 Å². The van der Waals surface area contributed by atoms with Crippen LogP contribution in [0.5, 0.6) is 0 Å². The molecular formula is C19H29ClN2O2. The molecule has 1 aromatic carbocycles. The van der Waals surface area contributed by atoms with Gasteiger partial charge in [0.05, 0.1) is 12.0 Å². The first kappa shape index (κ1) is 19.2. The van der Waals surface area contributed by atoms with Crippen molar-refractivity contribution in [2.24, 2.45) is 11.3 Å². The molecule has 1 heterocycles. The van der Waals surface area contributed by atoms with Crippen molar-refractivity contribution in [3.63, 3.8) is 0 Å². The van der Waals surface area contributed by atoms with E-state index in [0.29, 0.717) is 25.7 Å². The first-order valence-electron chi connectivity index (χ1n) is 8.90. The van der Waals surface area contributed by atoms with Crippen LogP contribution in [0.15, 0.2) is 24.3 Å². The summed E-state index contributed by atoms with van der Waals surface area (Å²) in [5.74, 6) is 0.744. The summed E-state index contributed by atoms with van der Waals surface area (Å²) in [7, 11) is 0. The fourth-order valence-corrected chi connectivity index (χ4v) is 4.12. The highest BCUT2D eigenvalue weighted by molar-refractivity contribution is 5.85. The van der Waals surface area contributed by atoms with Crippen molar-refractivity contribution in [3.8, 4) is 0 Å². The third kappa shape index (κ3) is 3.93. The average molecular weight is 353 g/mol. The quantitative estimate of drug-likeness (QED) is 0.827. The molecule has 4 nitrogen and oxygen atoms in total. The molecule has 1 amide bonds. The molecule has 24 heavy (non-hydrogen) atoms. The van der Waals surface area contributed by atoms with E-state index in [9.17, 15) is 4.79 Å². The second-order valence-corrected chi connectivity index (χ2v) is 6.82. The number of ether oxygens (including phenoxy) is 1. The van der Waals surface area contributed by atoms with Crippen molar-refractivity contribution in [3.05, 3.63) is 35.4 Å². The number of nitrogens with one attached hydrogen (secondary N) is 2. The Labute approximate surface area is 151 Å². The molecule has 0 bridgehead atoms. The van der Waals surface area contributed by atoms with E-state index in [1.165, 1.54) is 19.3 Å². The Morgan fingerprint density at radius 1 is 1.33 bits per heavy atom. The van der Waals surface area contributed by atoms with Crippen LogP contribution in [0.2, 0.25) is 0 Å². The van der Waals surface area contributed by atoms with Gasteiger partial charge in [-0.25, -0.2) is 0 Å². The zero-order valence-corrected chi connectivity index (χ0v) is 15.3. The Hall–Kier alpha value is -1.10. The minimum atomic E-state index is -0.173. The number of fused-ring (bicyclic) bond motifs is 1. The van der Waals surface area contributed by atoms with Crippen LogP contribution in [0.1, 0.15) is 43.7 Å². The van der Waals surface area contributed by atoms with Crippen LogP contribution in [-0.4, -0.2) is 25.6 Å². The van der Waals surface area contributed by atoms with Crippen molar-refractivity contribution in [1.82, 2.24) is 10.6 Å². The lowest BCUT2D eigenvalue weighted by Crippen LogP contribution is -2.47. The van der Waals surface area contributed by atoms with Crippen LogP contribution in [0.25, 0.3) is 0 Å². The summed E-state index contributed by atoms with van der Waals surface area (Å²) in [5, 5.41) is 6.66. The monoisotopic (exact) mass is 352 g/mol. The number of carbonyl (C=O) groups is 1. The predicted octanol–water partition coefficient (Wildman–Crippen LogP) is 3.04. The second kappa shape index (κ2) is 8.84. The molecule has 3 rings (SSSR count). The van der Waals surface area contributed by atoms with Gasteiger partial charge in [0.1, 0.15) is 0 Å². The largest absolute Gasteiger partial charge is 0.377 e. The minimum absolute atomic E-state index is 0. The predicted molar refractivity (Wildman–Crippen MR) is 98.1 cm³/mol. The summed E-state index contributed by atoms with van der Waals surface area (Å²) in [4.78, 5) is 12.9. The summed E-state index contributed by atoms with van der Waals surface area (Å²) >= 11 is 0. The summed E-state index contributed by atoms with van der Waals surface area (Å²) in [6, 6.07) is 8.21. The minimum Gasteiger partial charge on any atom is -0.377 e. The molecule has 2 aliphatic rings. The molecule has 0 unspecified atom stereocenters. The molecule has 1 saturated carbocycles. The molecule has 2 atom stereocenters. The molecule has 5 heteroatoms. The number of halogens is 1. The van der Waals surface area contributed by atoms with Crippen LogP contribution in [-0.2, 0) is 22.7 Å². The Morgan fingerprint density at radius 2 is 2.12 bits per heavy atom. The zero-order valence-electron chi connectivity index (χ0n) is 14.5. The molecule has 1 aromatic rings. The zero-order chi connectivity index (χ0) is 16.1. The van der Waals surface area contributed by atoms with Crippen molar-refractivity contribution in [1.29, 1.82) is 0 Å². The van der Waals surface area contributed by atoms with Crippen molar-refractivity contribution in [2.45, 2.75) is 45.8 Å². The van der Waals surface area contributed by atoms with E-state index in [1.54, 1.807) is 0 Å². The van der Waals surface area contributed by atoms with Crippen LogP contribution in [0.4, 0.5) is 0 Å². The van der Waals surface area contributed by atoms with Gasteiger partial charge in [-0.05, 0) is 43.4 Å². The number of amides is 1. The summed E-state index contributed by atoms with van der Waals surface area (Å²) < 4.78 is 5.53. The first-order valence-corrected chi connectivity index (χ1v) is 8.90. The highest BCUT2D eigenvalue weighted by atomic mass is 35.5. The molecule has 1 aliphatic carbocycles. The lowest BCUT2D eigenvalue weighted by atomic mass is 9.67. The highest BCUT2D eigenvalue weighted by Gasteiger charge is 2.49. The number of hydrogen-bond donors (Lipinski definition) is 2. The average Bonchev–Trinajstić information content (AvgIpc) is 3.03. The van der Waals surface area contributed by atoms with E-state index >= 15 is 0 Å². The van der Waals surface area contributed by atoms with E-state index in [0.717, 1.165) is 30.6 Å². The van der Waals surface area contributed by atoms with E-state index in [1.807, 2.05) is 19.1 Å². The van der Waals surface area contributed by atoms with Gasteiger partial charge < -0.3 is 15.4 Å². The Bertz CT molecular complexity index is 552. The van der Waals surface area contributed by atoms with E-state index in [-0.39, 0.29) is 23.7 Å². The van der Waals surface area contributed by atoms with Crippen molar-refractivity contribution >= 4 is 18.3 Å². The highest BCUT2D eigenvalue weighted by Crippen LogP contribution is 2.43. The van der Waals surface area contributed by atoms with Gasteiger partial charge in [-0.1, -0.05) is 37.1 Å². The van der Waals surface area contributed by atoms with Crippen molar-refractivity contribution in [2.75, 3.05) is 19.7 Å². The van der Waals surface area contributed by atoms with Gasteiger partial charge in [-0.15, -0.1) is 12.4 Å². The number of carbonyl (C=O) groups excluding carboxylic acids is 1. The second-order valence-electron chi connectivity index (χ2n) is 6.82. The van der Waals surface area contributed by atoms with Crippen molar-refractivity contribution < 1.29 is 9.53 Å². The normalized spacial score (nSPS) is 25.6. The van der Waals surface area contributed by atoms with Gasteiger partial charge >= 0.3 is 0 Å². The number of rotatable bonds is 6. The van der Waals surface area contributed by atoms with Gasteiger partial charge in [0.15, 0.2) is 0 Å². The lowest BCUT2D eigenvalue weighted by molar-refractivity contribution is -0.134.